The molecule has 0 unspecified atom stereocenters. The van der Waals surface area contributed by atoms with Crippen molar-refractivity contribution in [3.05, 3.63) is 61.5 Å². The second-order valence-electron chi connectivity index (χ2n) is 4.84. The molecule has 0 atom stereocenters. The summed E-state index contributed by atoms with van der Waals surface area (Å²) in [6, 6.07) is 9.50. The van der Waals surface area contributed by atoms with E-state index >= 15 is 0 Å². The molecule has 1 amide bonds. The highest BCUT2D eigenvalue weighted by atomic mass is 79.9. The smallest absolute Gasteiger partial charge is 0.255 e. The summed E-state index contributed by atoms with van der Waals surface area (Å²) in [4.78, 5) is 12.2. The van der Waals surface area contributed by atoms with Crippen molar-refractivity contribution >= 4 is 43.5 Å². The van der Waals surface area contributed by atoms with Crippen LogP contribution < -0.4 is 5.32 Å². The normalized spacial score (nSPS) is 10.4. The molecule has 0 fully saturated rings. The summed E-state index contributed by atoms with van der Waals surface area (Å²) in [6.07, 6.45) is 0. The van der Waals surface area contributed by atoms with Gasteiger partial charge >= 0.3 is 0 Å². The van der Waals surface area contributed by atoms with Crippen LogP contribution >= 0.6 is 31.9 Å². The molecule has 0 radical (unpaired) electrons. The first kappa shape index (κ1) is 15.3. The molecule has 0 saturated heterocycles. The van der Waals surface area contributed by atoms with E-state index in [1.165, 1.54) is 0 Å². The van der Waals surface area contributed by atoms with Gasteiger partial charge in [-0.05, 0) is 61.7 Å². The highest BCUT2D eigenvalue weighted by Crippen LogP contribution is 2.25. The first-order valence-corrected chi connectivity index (χ1v) is 7.81. The molecule has 2 rings (SSSR count). The van der Waals surface area contributed by atoms with Crippen LogP contribution in [-0.4, -0.2) is 5.91 Å². The lowest BCUT2D eigenvalue weighted by atomic mass is 10.1. The lowest BCUT2D eigenvalue weighted by Gasteiger charge is -2.10. The molecule has 20 heavy (non-hydrogen) atoms. The number of benzene rings is 2. The number of carbonyl (C=O) groups excluding carboxylic acids is 1. The number of anilines is 1. The third-order valence-electron chi connectivity index (χ3n) is 3.13. The summed E-state index contributed by atoms with van der Waals surface area (Å²) in [5.74, 6) is -0.105. The van der Waals surface area contributed by atoms with Crippen LogP contribution in [0.25, 0.3) is 0 Å². The van der Waals surface area contributed by atoms with E-state index in [0.29, 0.717) is 5.56 Å². The van der Waals surface area contributed by atoms with Crippen molar-refractivity contribution < 1.29 is 4.79 Å². The Hall–Kier alpha value is -1.13. The SMILES string of the molecule is Cc1ccc(C(=O)Nc2cc(C)c(Br)c(C)c2)cc1Br. The molecule has 0 heterocycles. The molecule has 2 aromatic rings. The summed E-state index contributed by atoms with van der Waals surface area (Å²) >= 11 is 6.97. The number of hydrogen-bond acceptors (Lipinski definition) is 1. The van der Waals surface area contributed by atoms with E-state index in [0.717, 1.165) is 31.3 Å². The van der Waals surface area contributed by atoms with Gasteiger partial charge in [-0.1, -0.05) is 37.9 Å². The van der Waals surface area contributed by atoms with Gasteiger partial charge in [0.15, 0.2) is 0 Å². The maximum atomic E-state index is 12.2. The number of aryl methyl sites for hydroxylation is 3. The molecule has 4 heteroatoms. The Morgan fingerprint density at radius 3 is 2.10 bits per heavy atom. The Balaban J connectivity index is 2.25. The lowest BCUT2D eigenvalue weighted by molar-refractivity contribution is 0.102. The molecule has 2 nitrogen and oxygen atoms in total. The van der Waals surface area contributed by atoms with Crippen molar-refractivity contribution in [2.24, 2.45) is 0 Å². The van der Waals surface area contributed by atoms with E-state index in [2.05, 4.69) is 37.2 Å². The quantitative estimate of drug-likeness (QED) is 0.724. The molecular formula is C16H15Br2NO. The number of nitrogens with one attached hydrogen (secondary N) is 1. The van der Waals surface area contributed by atoms with Crippen molar-refractivity contribution in [1.82, 2.24) is 0 Å². The first-order valence-electron chi connectivity index (χ1n) is 6.22. The van der Waals surface area contributed by atoms with Crippen LogP contribution in [0, 0.1) is 20.8 Å². The average molecular weight is 397 g/mol. The van der Waals surface area contributed by atoms with Crippen LogP contribution in [-0.2, 0) is 0 Å². The average Bonchev–Trinajstić information content (AvgIpc) is 2.39. The zero-order valence-electron chi connectivity index (χ0n) is 11.6. The Labute approximate surface area is 135 Å². The topological polar surface area (TPSA) is 29.1 Å². The zero-order chi connectivity index (χ0) is 14.9. The molecular weight excluding hydrogens is 382 g/mol. The van der Waals surface area contributed by atoms with E-state index < -0.39 is 0 Å². The summed E-state index contributed by atoms with van der Waals surface area (Å²) in [5.41, 5.74) is 4.76. The fraction of sp³-hybridized carbons (Fsp3) is 0.188. The number of hydrogen-bond donors (Lipinski definition) is 1. The van der Waals surface area contributed by atoms with Gasteiger partial charge in [0.2, 0.25) is 0 Å². The van der Waals surface area contributed by atoms with Gasteiger partial charge in [0.1, 0.15) is 0 Å². The zero-order valence-corrected chi connectivity index (χ0v) is 14.7. The minimum Gasteiger partial charge on any atom is -0.322 e. The number of carbonyl (C=O) groups is 1. The molecule has 0 aliphatic rings. The van der Waals surface area contributed by atoms with Gasteiger partial charge in [0.05, 0.1) is 0 Å². The fourth-order valence-corrected chi connectivity index (χ4v) is 2.56. The van der Waals surface area contributed by atoms with Gasteiger partial charge in [-0.15, -0.1) is 0 Å². The van der Waals surface area contributed by atoms with Crippen molar-refractivity contribution in [1.29, 1.82) is 0 Å². The first-order chi connectivity index (χ1) is 9.38. The predicted octanol–water partition coefficient (Wildman–Crippen LogP) is 5.39. The van der Waals surface area contributed by atoms with Crippen molar-refractivity contribution in [3.8, 4) is 0 Å². The molecule has 104 valence electrons. The van der Waals surface area contributed by atoms with Gasteiger partial charge in [0.25, 0.3) is 5.91 Å². The van der Waals surface area contributed by atoms with E-state index in [1.54, 1.807) is 0 Å². The number of halogens is 2. The van der Waals surface area contributed by atoms with Gasteiger partial charge in [0, 0.05) is 20.2 Å². The predicted molar refractivity (Wildman–Crippen MR) is 90.4 cm³/mol. The molecule has 0 aromatic heterocycles. The van der Waals surface area contributed by atoms with Crippen molar-refractivity contribution in [2.45, 2.75) is 20.8 Å². The molecule has 0 aliphatic heterocycles. The van der Waals surface area contributed by atoms with Crippen LogP contribution in [0.4, 0.5) is 5.69 Å². The summed E-state index contributed by atoms with van der Waals surface area (Å²) in [6.45, 7) is 6.01. The molecule has 1 N–H and O–H groups in total. The Morgan fingerprint density at radius 2 is 1.55 bits per heavy atom. The highest BCUT2D eigenvalue weighted by molar-refractivity contribution is 9.10. The minimum atomic E-state index is -0.105. The number of amides is 1. The third-order valence-corrected chi connectivity index (χ3v) is 5.23. The number of rotatable bonds is 2. The fourth-order valence-electron chi connectivity index (χ4n) is 1.96. The third kappa shape index (κ3) is 3.30. The summed E-state index contributed by atoms with van der Waals surface area (Å²) < 4.78 is 2.02. The van der Waals surface area contributed by atoms with Gasteiger partial charge in [-0.25, -0.2) is 0 Å². The standard InChI is InChI=1S/C16H15Br2NO/c1-9-4-5-12(8-14(9)17)16(20)19-13-6-10(2)15(18)11(3)7-13/h4-8H,1-3H3,(H,19,20). The maximum absolute atomic E-state index is 12.2. The molecule has 0 spiro atoms. The van der Waals surface area contributed by atoms with Gasteiger partial charge in [-0.2, -0.15) is 0 Å². The van der Waals surface area contributed by atoms with Crippen molar-refractivity contribution in [3.63, 3.8) is 0 Å². The van der Waals surface area contributed by atoms with Crippen molar-refractivity contribution in [2.75, 3.05) is 5.32 Å². The summed E-state index contributed by atoms with van der Waals surface area (Å²) in [5, 5.41) is 2.93. The van der Waals surface area contributed by atoms with E-state index in [9.17, 15) is 4.79 Å². The summed E-state index contributed by atoms with van der Waals surface area (Å²) in [7, 11) is 0. The van der Waals surface area contributed by atoms with E-state index in [4.69, 9.17) is 0 Å². The van der Waals surface area contributed by atoms with Crippen LogP contribution in [0.15, 0.2) is 39.3 Å². The van der Waals surface area contributed by atoms with Crippen LogP contribution in [0.3, 0.4) is 0 Å². The molecule has 0 saturated carbocycles. The highest BCUT2D eigenvalue weighted by Gasteiger charge is 2.09. The molecule has 0 aliphatic carbocycles. The monoisotopic (exact) mass is 395 g/mol. The van der Waals surface area contributed by atoms with Crippen LogP contribution in [0.1, 0.15) is 27.0 Å². The second-order valence-corrected chi connectivity index (χ2v) is 6.49. The van der Waals surface area contributed by atoms with Crippen LogP contribution in [0.5, 0.6) is 0 Å². The van der Waals surface area contributed by atoms with Gasteiger partial charge in [-0.3, -0.25) is 4.79 Å². The Morgan fingerprint density at radius 1 is 0.950 bits per heavy atom. The van der Waals surface area contributed by atoms with Crippen LogP contribution in [0.2, 0.25) is 0 Å². The van der Waals surface area contributed by atoms with E-state index in [1.807, 2.05) is 51.1 Å². The Bertz CT molecular complexity index is 657. The molecule has 0 bridgehead atoms. The van der Waals surface area contributed by atoms with E-state index in [-0.39, 0.29) is 5.91 Å². The van der Waals surface area contributed by atoms with Gasteiger partial charge < -0.3 is 5.32 Å². The second kappa shape index (κ2) is 6.10. The molecule has 2 aromatic carbocycles. The minimum absolute atomic E-state index is 0.105. The maximum Gasteiger partial charge on any atom is 0.255 e. The Kier molecular flexibility index (Phi) is 4.66. The lowest BCUT2D eigenvalue weighted by Crippen LogP contribution is -2.12. The largest absolute Gasteiger partial charge is 0.322 e.